The Bertz CT molecular complexity index is 2660. The van der Waals surface area contributed by atoms with Gasteiger partial charge in [0.2, 0.25) is 0 Å². The molecule has 50 heavy (non-hydrogen) atoms. The number of aryl methyl sites for hydroxylation is 2. The lowest BCUT2D eigenvalue weighted by Gasteiger charge is -2.21. The van der Waals surface area contributed by atoms with E-state index in [2.05, 4.69) is 196 Å². The van der Waals surface area contributed by atoms with Crippen LogP contribution in [-0.2, 0) is 0 Å². The van der Waals surface area contributed by atoms with Gasteiger partial charge in [0.05, 0.1) is 0 Å². The quantitative estimate of drug-likeness (QED) is 0.165. The van der Waals surface area contributed by atoms with Crippen molar-refractivity contribution in [2.24, 2.45) is 0 Å². The molecule has 0 amide bonds. The maximum absolute atomic E-state index is 2.42. The lowest BCUT2D eigenvalue weighted by Crippen LogP contribution is -1.93. The first-order valence-electron chi connectivity index (χ1n) is 17.4. The molecule has 0 heterocycles. The summed E-state index contributed by atoms with van der Waals surface area (Å²) >= 11 is 0. The molecule has 236 valence electrons. The van der Waals surface area contributed by atoms with Crippen molar-refractivity contribution in [1.82, 2.24) is 0 Å². The molecule has 0 N–H and O–H groups in total. The van der Waals surface area contributed by atoms with E-state index in [1.807, 2.05) is 0 Å². The summed E-state index contributed by atoms with van der Waals surface area (Å²) in [6, 6.07) is 67.3. The Morgan fingerprint density at radius 3 is 1.34 bits per heavy atom. The SMILES string of the molecule is Cc1ccc(-c2ccc3c(-c4cccc5ccccc45)c4cc(-c5ccc(C)cc5)ccc4c(-c4ccc(-c5ccccc5)cc4)c3c2)cc1. The van der Waals surface area contributed by atoms with Crippen molar-refractivity contribution in [2.75, 3.05) is 0 Å². The second kappa shape index (κ2) is 12.3. The minimum absolute atomic E-state index is 1.22. The van der Waals surface area contributed by atoms with Crippen LogP contribution in [0.4, 0.5) is 0 Å². The molecule has 0 aliphatic heterocycles. The molecule has 0 unspecified atom stereocenters. The minimum Gasteiger partial charge on any atom is -0.0622 e. The Balaban J connectivity index is 1.40. The fourth-order valence-electron chi connectivity index (χ4n) is 7.58. The number of hydrogen-bond donors (Lipinski definition) is 0. The molecular formula is C50H36. The molecule has 0 bridgehead atoms. The molecule has 9 rings (SSSR count). The summed E-state index contributed by atoms with van der Waals surface area (Å²) in [5.41, 5.74) is 14.9. The van der Waals surface area contributed by atoms with E-state index in [0.717, 1.165) is 0 Å². The Morgan fingerprint density at radius 1 is 0.260 bits per heavy atom. The number of rotatable bonds is 5. The highest BCUT2D eigenvalue weighted by Gasteiger charge is 2.20. The molecule has 0 saturated carbocycles. The van der Waals surface area contributed by atoms with E-state index >= 15 is 0 Å². The van der Waals surface area contributed by atoms with Crippen molar-refractivity contribution in [1.29, 1.82) is 0 Å². The molecule has 9 aromatic rings. The van der Waals surface area contributed by atoms with E-state index in [0.29, 0.717) is 0 Å². The third kappa shape index (κ3) is 5.27. The van der Waals surface area contributed by atoms with Crippen LogP contribution in [0.1, 0.15) is 11.1 Å². The van der Waals surface area contributed by atoms with Gasteiger partial charge in [-0.05, 0) is 114 Å². The summed E-state index contributed by atoms with van der Waals surface area (Å²) in [5, 5.41) is 7.54. The molecule has 0 aliphatic carbocycles. The van der Waals surface area contributed by atoms with E-state index in [4.69, 9.17) is 0 Å². The summed E-state index contributed by atoms with van der Waals surface area (Å²) in [5.74, 6) is 0. The van der Waals surface area contributed by atoms with Crippen LogP contribution in [0.2, 0.25) is 0 Å². The second-order valence-corrected chi connectivity index (χ2v) is 13.5. The maximum atomic E-state index is 2.42. The molecule has 0 fully saturated rings. The van der Waals surface area contributed by atoms with Gasteiger partial charge in [-0.25, -0.2) is 0 Å². The molecule has 0 aliphatic rings. The largest absolute Gasteiger partial charge is 0.0622 e. The summed E-state index contributed by atoms with van der Waals surface area (Å²) < 4.78 is 0. The maximum Gasteiger partial charge on any atom is -0.00199 e. The molecule has 0 saturated heterocycles. The number of hydrogen-bond acceptors (Lipinski definition) is 0. The van der Waals surface area contributed by atoms with Crippen molar-refractivity contribution in [3.63, 3.8) is 0 Å². The first-order valence-corrected chi connectivity index (χ1v) is 17.4. The Labute approximate surface area is 293 Å². The standard InChI is InChI=1S/C50H36/c1-33-15-19-37(20-16-33)41-28-30-46-47(31-41)49(40-25-23-36(24-26-40)35-9-4-3-5-10-35)45-29-27-42(38-21-17-34(2)18-22-38)32-48(45)50(46)44-14-8-12-39-11-6-7-13-43(39)44/h3-32H,1-2H3. The van der Waals surface area contributed by atoms with Gasteiger partial charge in [-0.2, -0.15) is 0 Å². The van der Waals surface area contributed by atoms with Crippen LogP contribution in [0.3, 0.4) is 0 Å². The number of fused-ring (bicyclic) bond motifs is 3. The van der Waals surface area contributed by atoms with Crippen molar-refractivity contribution in [3.05, 3.63) is 193 Å². The zero-order valence-electron chi connectivity index (χ0n) is 28.3. The molecule has 0 aromatic heterocycles. The van der Waals surface area contributed by atoms with Crippen LogP contribution in [0.5, 0.6) is 0 Å². The van der Waals surface area contributed by atoms with Gasteiger partial charge >= 0.3 is 0 Å². The van der Waals surface area contributed by atoms with Crippen LogP contribution in [0.25, 0.3) is 88.0 Å². The summed E-state index contributed by atoms with van der Waals surface area (Å²) in [6.45, 7) is 4.30. The smallest absolute Gasteiger partial charge is 0.00199 e. The van der Waals surface area contributed by atoms with Crippen molar-refractivity contribution in [2.45, 2.75) is 13.8 Å². The van der Waals surface area contributed by atoms with Gasteiger partial charge in [0.15, 0.2) is 0 Å². The highest BCUT2D eigenvalue weighted by atomic mass is 14.2. The Morgan fingerprint density at radius 2 is 0.700 bits per heavy atom. The predicted octanol–water partition coefficient (Wildman–Crippen LogP) is 14.1. The van der Waals surface area contributed by atoms with Gasteiger partial charge < -0.3 is 0 Å². The van der Waals surface area contributed by atoms with Gasteiger partial charge in [0, 0.05) is 0 Å². The normalized spacial score (nSPS) is 11.4. The highest BCUT2D eigenvalue weighted by molar-refractivity contribution is 6.24. The first-order chi connectivity index (χ1) is 24.6. The van der Waals surface area contributed by atoms with E-state index in [9.17, 15) is 0 Å². The lowest BCUT2D eigenvalue weighted by atomic mass is 9.82. The van der Waals surface area contributed by atoms with Gasteiger partial charge in [-0.1, -0.05) is 181 Å². The molecule has 0 spiro atoms. The van der Waals surface area contributed by atoms with Gasteiger partial charge in [-0.3, -0.25) is 0 Å². The fraction of sp³-hybridized carbons (Fsp3) is 0.0400. The van der Waals surface area contributed by atoms with Crippen LogP contribution in [0, 0.1) is 13.8 Å². The summed E-state index contributed by atoms with van der Waals surface area (Å²) in [4.78, 5) is 0. The van der Waals surface area contributed by atoms with Crippen molar-refractivity contribution in [3.8, 4) is 55.6 Å². The van der Waals surface area contributed by atoms with Gasteiger partial charge in [-0.15, -0.1) is 0 Å². The molecule has 9 aromatic carbocycles. The Hall–Kier alpha value is -6.24. The summed E-state index contributed by atoms with van der Waals surface area (Å²) in [7, 11) is 0. The lowest BCUT2D eigenvalue weighted by molar-refractivity contribution is 1.47. The van der Waals surface area contributed by atoms with Crippen LogP contribution < -0.4 is 0 Å². The third-order valence-electron chi connectivity index (χ3n) is 10.2. The molecule has 0 heteroatoms. The number of benzene rings is 9. The van der Waals surface area contributed by atoms with E-state index in [1.54, 1.807) is 0 Å². The minimum atomic E-state index is 1.22. The monoisotopic (exact) mass is 636 g/mol. The second-order valence-electron chi connectivity index (χ2n) is 13.5. The molecule has 0 atom stereocenters. The van der Waals surface area contributed by atoms with E-state index in [-0.39, 0.29) is 0 Å². The van der Waals surface area contributed by atoms with Crippen molar-refractivity contribution < 1.29 is 0 Å². The zero-order chi connectivity index (χ0) is 33.6. The van der Waals surface area contributed by atoms with Crippen LogP contribution in [0.15, 0.2) is 182 Å². The predicted molar refractivity (Wildman–Crippen MR) is 216 cm³/mol. The average molecular weight is 637 g/mol. The molecule has 0 radical (unpaired) electrons. The van der Waals surface area contributed by atoms with Crippen LogP contribution >= 0.6 is 0 Å². The van der Waals surface area contributed by atoms with Gasteiger partial charge in [0.1, 0.15) is 0 Å². The average Bonchev–Trinajstić information content (AvgIpc) is 3.17. The van der Waals surface area contributed by atoms with E-state index in [1.165, 1.54) is 99.1 Å². The highest BCUT2D eigenvalue weighted by Crippen LogP contribution is 2.47. The molecule has 0 nitrogen and oxygen atoms in total. The zero-order valence-corrected chi connectivity index (χ0v) is 28.3. The van der Waals surface area contributed by atoms with Crippen LogP contribution in [-0.4, -0.2) is 0 Å². The Kier molecular flexibility index (Phi) is 7.37. The van der Waals surface area contributed by atoms with Gasteiger partial charge in [0.25, 0.3) is 0 Å². The fourth-order valence-corrected chi connectivity index (χ4v) is 7.58. The topological polar surface area (TPSA) is 0 Å². The molecular weight excluding hydrogens is 601 g/mol. The first kappa shape index (κ1) is 29.9. The summed E-state index contributed by atoms with van der Waals surface area (Å²) in [6.07, 6.45) is 0. The van der Waals surface area contributed by atoms with E-state index < -0.39 is 0 Å². The van der Waals surface area contributed by atoms with Crippen molar-refractivity contribution >= 4 is 32.3 Å². The third-order valence-corrected chi connectivity index (χ3v) is 10.2.